The van der Waals surface area contributed by atoms with Gasteiger partial charge < -0.3 is 14.8 Å². The quantitative estimate of drug-likeness (QED) is 0.891. The minimum atomic E-state index is -0.112. The molecule has 0 bridgehead atoms. The molecule has 1 fully saturated rings. The third kappa shape index (κ3) is 3.41. The van der Waals surface area contributed by atoms with Crippen molar-refractivity contribution in [2.45, 2.75) is 51.2 Å². The van der Waals surface area contributed by atoms with Crippen molar-refractivity contribution in [1.29, 1.82) is 0 Å². The first kappa shape index (κ1) is 16.3. The lowest BCUT2D eigenvalue weighted by Gasteiger charge is -2.47. The average Bonchev–Trinajstić information content (AvgIpc) is 2.50. The van der Waals surface area contributed by atoms with Crippen molar-refractivity contribution in [1.82, 2.24) is 5.32 Å². The van der Waals surface area contributed by atoms with Crippen LogP contribution in [0.2, 0.25) is 0 Å². The van der Waals surface area contributed by atoms with Crippen molar-refractivity contribution in [3.63, 3.8) is 0 Å². The molecule has 1 N–H and O–H groups in total. The molecular formula is C18H29NO2. The zero-order chi connectivity index (χ0) is 15.5. The van der Waals surface area contributed by atoms with E-state index in [1.807, 2.05) is 26.3 Å². The van der Waals surface area contributed by atoms with Gasteiger partial charge in [0.25, 0.3) is 0 Å². The fourth-order valence-corrected chi connectivity index (χ4v) is 3.49. The molecule has 1 atom stereocenters. The Kier molecular flexibility index (Phi) is 4.95. The van der Waals surface area contributed by atoms with E-state index in [1.165, 1.54) is 18.4 Å². The van der Waals surface area contributed by atoms with Gasteiger partial charge in [0.05, 0.1) is 18.8 Å². The number of nitrogens with one attached hydrogen (secondary N) is 1. The highest BCUT2D eigenvalue weighted by Crippen LogP contribution is 2.47. The van der Waals surface area contributed by atoms with E-state index in [2.05, 4.69) is 31.3 Å². The van der Waals surface area contributed by atoms with Crippen molar-refractivity contribution in [2.24, 2.45) is 5.41 Å². The van der Waals surface area contributed by atoms with E-state index in [0.29, 0.717) is 5.41 Å². The molecule has 3 nitrogen and oxygen atoms in total. The van der Waals surface area contributed by atoms with E-state index in [4.69, 9.17) is 9.47 Å². The van der Waals surface area contributed by atoms with Gasteiger partial charge >= 0.3 is 0 Å². The number of rotatable bonds is 5. The summed E-state index contributed by atoms with van der Waals surface area (Å²) in [6, 6.07) is 8.54. The fraction of sp³-hybridized carbons (Fsp3) is 0.667. The minimum Gasteiger partial charge on any atom is -0.497 e. The highest BCUT2D eigenvalue weighted by Gasteiger charge is 2.44. The Labute approximate surface area is 129 Å². The SMILES string of the molecule is CNC(c1ccc(OC)cc1)C1(OC)CCC(C)(C)CC1. The molecule has 1 aliphatic carbocycles. The van der Waals surface area contributed by atoms with Crippen LogP contribution in [0.1, 0.15) is 51.1 Å². The van der Waals surface area contributed by atoms with Crippen LogP contribution < -0.4 is 10.1 Å². The predicted molar refractivity (Wildman–Crippen MR) is 86.8 cm³/mol. The van der Waals surface area contributed by atoms with Crippen LogP contribution in [0.15, 0.2) is 24.3 Å². The molecule has 1 saturated carbocycles. The Balaban J connectivity index is 2.25. The molecule has 0 aliphatic heterocycles. The lowest BCUT2D eigenvalue weighted by molar-refractivity contribution is -0.0862. The van der Waals surface area contributed by atoms with E-state index in [-0.39, 0.29) is 11.6 Å². The van der Waals surface area contributed by atoms with Gasteiger partial charge in [-0.05, 0) is 55.8 Å². The van der Waals surface area contributed by atoms with Crippen molar-refractivity contribution >= 4 is 0 Å². The van der Waals surface area contributed by atoms with Crippen LogP contribution in [0.4, 0.5) is 0 Å². The monoisotopic (exact) mass is 291 g/mol. The normalized spacial score (nSPS) is 21.8. The molecule has 1 aromatic rings. The lowest BCUT2D eigenvalue weighted by Crippen LogP contribution is -2.48. The second kappa shape index (κ2) is 6.37. The van der Waals surface area contributed by atoms with E-state index >= 15 is 0 Å². The summed E-state index contributed by atoms with van der Waals surface area (Å²) in [6.45, 7) is 4.71. The van der Waals surface area contributed by atoms with Gasteiger partial charge in [-0.25, -0.2) is 0 Å². The Morgan fingerprint density at radius 2 is 1.57 bits per heavy atom. The van der Waals surface area contributed by atoms with Gasteiger partial charge in [0, 0.05) is 7.11 Å². The van der Waals surface area contributed by atoms with Crippen LogP contribution in [0, 0.1) is 5.41 Å². The van der Waals surface area contributed by atoms with E-state index in [0.717, 1.165) is 18.6 Å². The number of hydrogen-bond donors (Lipinski definition) is 1. The largest absolute Gasteiger partial charge is 0.497 e. The highest BCUT2D eigenvalue weighted by molar-refractivity contribution is 5.31. The van der Waals surface area contributed by atoms with Crippen molar-refractivity contribution < 1.29 is 9.47 Å². The topological polar surface area (TPSA) is 30.5 Å². The third-order valence-corrected chi connectivity index (χ3v) is 5.12. The molecule has 21 heavy (non-hydrogen) atoms. The first-order chi connectivity index (χ1) is 9.96. The fourth-order valence-electron chi connectivity index (χ4n) is 3.49. The summed E-state index contributed by atoms with van der Waals surface area (Å²) in [5, 5.41) is 3.48. The number of ether oxygens (including phenoxy) is 2. The Morgan fingerprint density at radius 3 is 2.00 bits per heavy atom. The summed E-state index contributed by atoms with van der Waals surface area (Å²) >= 11 is 0. The molecule has 0 aromatic heterocycles. The standard InChI is InChI=1S/C18H29NO2/c1-17(2)10-12-18(21-5,13-11-17)16(19-3)14-6-8-15(20-4)9-7-14/h6-9,16,19H,10-13H2,1-5H3. The maximum absolute atomic E-state index is 6.04. The van der Waals surface area contributed by atoms with Gasteiger partial charge in [-0.3, -0.25) is 0 Å². The first-order valence-electron chi connectivity index (χ1n) is 7.83. The zero-order valence-electron chi connectivity index (χ0n) is 14.0. The Morgan fingerprint density at radius 1 is 1.00 bits per heavy atom. The summed E-state index contributed by atoms with van der Waals surface area (Å²) in [5.41, 5.74) is 1.58. The molecule has 0 amide bonds. The summed E-state index contributed by atoms with van der Waals surface area (Å²) in [7, 11) is 5.58. The molecule has 0 radical (unpaired) electrons. The third-order valence-electron chi connectivity index (χ3n) is 5.12. The molecule has 1 aromatic carbocycles. The van der Waals surface area contributed by atoms with Crippen LogP contribution >= 0.6 is 0 Å². The average molecular weight is 291 g/mol. The molecule has 1 aliphatic rings. The second-order valence-electron chi connectivity index (χ2n) is 6.93. The molecule has 2 rings (SSSR count). The number of benzene rings is 1. The molecule has 3 heteroatoms. The molecule has 0 spiro atoms. The van der Waals surface area contributed by atoms with E-state index in [1.54, 1.807) is 7.11 Å². The van der Waals surface area contributed by atoms with Gasteiger partial charge in [-0.1, -0.05) is 26.0 Å². The van der Waals surface area contributed by atoms with Gasteiger partial charge in [-0.15, -0.1) is 0 Å². The van der Waals surface area contributed by atoms with Crippen molar-refractivity contribution in [3.8, 4) is 5.75 Å². The van der Waals surface area contributed by atoms with Crippen molar-refractivity contribution in [3.05, 3.63) is 29.8 Å². The molecule has 0 heterocycles. The summed E-state index contributed by atoms with van der Waals surface area (Å²) in [5.74, 6) is 0.893. The first-order valence-corrected chi connectivity index (χ1v) is 7.83. The minimum absolute atomic E-state index is 0.112. The molecule has 118 valence electrons. The highest BCUT2D eigenvalue weighted by atomic mass is 16.5. The maximum atomic E-state index is 6.04. The van der Waals surface area contributed by atoms with Crippen LogP contribution in [0.25, 0.3) is 0 Å². The van der Waals surface area contributed by atoms with E-state index in [9.17, 15) is 0 Å². The summed E-state index contributed by atoms with van der Waals surface area (Å²) in [4.78, 5) is 0. The van der Waals surface area contributed by atoms with Gasteiger partial charge in [0.1, 0.15) is 5.75 Å². The van der Waals surface area contributed by atoms with E-state index < -0.39 is 0 Å². The Hall–Kier alpha value is -1.06. The zero-order valence-corrected chi connectivity index (χ0v) is 14.0. The van der Waals surface area contributed by atoms with Gasteiger partial charge in [-0.2, -0.15) is 0 Å². The van der Waals surface area contributed by atoms with Crippen LogP contribution in [-0.4, -0.2) is 26.9 Å². The molecular weight excluding hydrogens is 262 g/mol. The molecule has 0 saturated heterocycles. The number of hydrogen-bond acceptors (Lipinski definition) is 3. The van der Waals surface area contributed by atoms with Gasteiger partial charge in [0.2, 0.25) is 0 Å². The van der Waals surface area contributed by atoms with Crippen LogP contribution in [-0.2, 0) is 4.74 Å². The number of methoxy groups -OCH3 is 2. The molecule has 1 unspecified atom stereocenters. The lowest BCUT2D eigenvalue weighted by atomic mass is 9.67. The Bertz CT molecular complexity index is 443. The number of likely N-dealkylation sites (N-methyl/N-ethyl adjacent to an activating group) is 1. The van der Waals surface area contributed by atoms with Gasteiger partial charge in [0.15, 0.2) is 0 Å². The van der Waals surface area contributed by atoms with Crippen LogP contribution in [0.3, 0.4) is 0 Å². The smallest absolute Gasteiger partial charge is 0.118 e. The van der Waals surface area contributed by atoms with Crippen LogP contribution in [0.5, 0.6) is 5.75 Å². The van der Waals surface area contributed by atoms with Crippen molar-refractivity contribution in [2.75, 3.05) is 21.3 Å². The maximum Gasteiger partial charge on any atom is 0.118 e. The predicted octanol–water partition coefficient (Wildman–Crippen LogP) is 3.94. The second-order valence-corrected chi connectivity index (χ2v) is 6.93. The summed E-state index contributed by atoms with van der Waals surface area (Å²) < 4.78 is 11.3. The summed E-state index contributed by atoms with van der Waals surface area (Å²) in [6.07, 6.45) is 4.59.